The quantitative estimate of drug-likeness (QED) is 0.342. The zero-order chi connectivity index (χ0) is 24.8. The summed E-state index contributed by atoms with van der Waals surface area (Å²) < 4.78 is 54.3. The minimum Gasteiger partial charge on any atom is -0.234 e. The van der Waals surface area contributed by atoms with Gasteiger partial charge in [-0.2, -0.15) is 0 Å². The van der Waals surface area contributed by atoms with E-state index in [0.717, 1.165) is 10.4 Å². The van der Waals surface area contributed by atoms with Crippen molar-refractivity contribution in [3.05, 3.63) is 94.0 Å². The van der Waals surface area contributed by atoms with E-state index in [1.807, 2.05) is 0 Å². The first-order chi connectivity index (χ1) is 15.9. The van der Waals surface area contributed by atoms with Crippen molar-refractivity contribution in [2.75, 3.05) is 4.31 Å². The Labute approximate surface area is 208 Å². The van der Waals surface area contributed by atoms with Crippen molar-refractivity contribution in [3.63, 3.8) is 0 Å². The van der Waals surface area contributed by atoms with Crippen LogP contribution in [0.1, 0.15) is 11.1 Å². The normalized spacial score (nSPS) is 12.1. The SMILES string of the molecule is Cc1ccc(Cl)cc1N(c1cc(Cl)ccc1C)S(=O)(=O)c1cc(S(N)(=O)=O)cc2ccccc12. The number of anilines is 2. The van der Waals surface area contributed by atoms with Gasteiger partial charge in [0.2, 0.25) is 10.0 Å². The van der Waals surface area contributed by atoms with Crippen LogP contribution in [-0.4, -0.2) is 16.8 Å². The minimum absolute atomic E-state index is 0.214. The van der Waals surface area contributed by atoms with E-state index in [1.54, 1.807) is 74.5 Å². The van der Waals surface area contributed by atoms with Crippen LogP contribution >= 0.6 is 23.2 Å². The molecule has 4 aromatic carbocycles. The molecule has 2 N–H and O–H groups in total. The Hall–Kier alpha value is -2.62. The van der Waals surface area contributed by atoms with E-state index in [2.05, 4.69) is 0 Å². The molecule has 10 heteroatoms. The molecule has 0 unspecified atom stereocenters. The van der Waals surface area contributed by atoms with Crippen LogP contribution in [0.5, 0.6) is 0 Å². The van der Waals surface area contributed by atoms with Gasteiger partial charge in [0.05, 0.1) is 21.2 Å². The predicted octanol–water partition coefficient (Wildman–Crippen LogP) is 5.94. The second-order valence-corrected chi connectivity index (χ2v) is 12.0. The molecule has 0 saturated heterocycles. The molecule has 0 aliphatic heterocycles. The fourth-order valence-corrected chi connectivity index (χ4v) is 6.54. The number of sulfonamides is 2. The molecule has 34 heavy (non-hydrogen) atoms. The molecule has 0 spiro atoms. The molecule has 0 heterocycles. The van der Waals surface area contributed by atoms with Crippen LogP contribution in [0.2, 0.25) is 10.0 Å². The molecular formula is C24H20Cl2N2O4S2. The monoisotopic (exact) mass is 534 g/mol. The van der Waals surface area contributed by atoms with E-state index in [4.69, 9.17) is 28.3 Å². The Morgan fingerprint density at radius 2 is 1.26 bits per heavy atom. The number of hydrogen-bond donors (Lipinski definition) is 1. The number of aryl methyl sites for hydroxylation is 2. The Bertz CT molecular complexity index is 1600. The third kappa shape index (κ3) is 4.52. The van der Waals surface area contributed by atoms with E-state index in [0.29, 0.717) is 43.3 Å². The molecule has 0 aliphatic carbocycles. The fraction of sp³-hybridized carbons (Fsp3) is 0.0833. The molecule has 0 atom stereocenters. The number of rotatable bonds is 5. The lowest BCUT2D eigenvalue weighted by atomic mass is 10.1. The van der Waals surface area contributed by atoms with E-state index < -0.39 is 20.0 Å². The summed E-state index contributed by atoms with van der Waals surface area (Å²) in [5, 5.41) is 6.81. The summed E-state index contributed by atoms with van der Waals surface area (Å²) in [6.45, 7) is 3.51. The maximum absolute atomic E-state index is 14.4. The number of halogens is 2. The smallest absolute Gasteiger partial charge is 0.234 e. The fourth-order valence-electron chi connectivity index (χ4n) is 3.72. The zero-order valence-electron chi connectivity index (χ0n) is 18.2. The second-order valence-electron chi connectivity index (χ2n) is 7.82. The molecule has 0 fully saturated rings. The summed E-state index contributed by atoms with van der Waals surface area (Å²) >= 11 is 12.5. The molecule has 0 aromatic heterocycles. The van der Waals surface area contributed by atoms with Gasteiger partial charge in [0, 0.05) is 15.4 Å². The predicted molar refractivity (Wildman–Crippen MR) is 137 cm³/mol. The van der Waals surface area contributed by atoms with Crippen LogP contribution in [0, 0.1) is 13.8 Å². The first kappa shape index (κ1) is 24.5. The topological polar surface area (TPSA) is 97.5 Å². The van der Waals surface area contributed by atoms with Crippen molar-refractivity contribution in [1.29, 1.82) is 0 Å². The van der Waals surface area contributed by atoms with Gasteiger partial charge in [-0.15, -0.1) is 0 Å². The molecule has 6 nitrogen and oxygen atoms in total. The standard InChI is InChI=1S/C24H20Cl2N2O4S2/c1-15-7-9-18(25)12-22(15)28(23-13-19(26)10-8-16(23)2)34(31,32)24-14-20(33(27,29)30)11-17-5-3-4-6-21(17)24/h3-14H,1-2H3,(H2,27,29,30). The molecular weight excluding hydrogens is 515 g/mol. The van der Waals surface area contributed by atoms with Crippen LogP contribution in [0.25, 0.3) is 10.8 Å². The van der Waals surface area contributed by atoms with Crippen LogP contribution in [0.3, 0.4) is 0 Å². The molecule has 0 aliphatic rings. The molecule has 4 aromatic rings. The maximum Gasteiger partial charge on any atom is 0.269 e. The van der Waals surface area contributed by atoms with Gasteiger partial charge >= 0.3 is 0 Å². The number of benzene rings is 4. The minimum atomic E-state index is -4.40. The third-order valence-electron chi connectivity index (χ3n) is 5.42. The summed E-state index contributed by atoms with van der Waals surface area (Å²) in [4.78, 5) is -0.524. The lowest BCUT2D eigenvalue weighted by Gasteiger charge is -2.28. The largest absolute Gasteiger partial charge is 0.269 e. The molecule has 0 amide bonds. The number of fused-ring (bicyclic) bond motifs is 1. The maximum atomic E-state index is 14.4. The molecule has 0 radical (unpaired) electrons. The Morgan fingerprint density at radius 1 is 0.735 bits per heavy atom. The number of nitrogens with zero attached hydrogens (tertiary/aromatic N) is 1. The summed E-state index contributed by atoms with van der Waals surface area (Å²) in [7, 11) is -8.59. The van der Waals surface area contributed by atoms with Gasteiger partial charge in [-0.3, -0.25) is 0 Å². The Balaban J connectivity index is 2.14. The Kier molecular flexibility index (Phi) is 6.39. The lowest BCUT2D eigenvalue weighted by Crippen LogP contribution is -2.28. The van der Waals surface area contributed by atoms with Gasteiger partial charge in [0.15, 0.2) is 0 Å². The highest BCUT2D eigenvalue weighted by Gasteiger charge is 2.32. The van der Waals surface area contributed by atoms with Gasteiger partial charge in [0.25, 0.3) is 10.0 Å². The van der Waals surface area contributed by atoms with Crippen molar-refractivity contribution in [3.8, 4) is 0 Å². The molecule has 0 bridgehead atoms. The average Bonchev–Trinajstić information content (AvgIpc) is 2.77. The van der Waals surface area contributed by atoms with Crippen molar-refractivity contribution < 1.29 is 16.8 Å². The zero-order valence-corrected chi connectivity index (χ0v) is 21.3. The highest BCUT2D eigenvalue weighted by atomic mass is 35.5. The first-order valence-corrected chi connectivity index (χ1v) is 13.8. The number of primary sulfonamides is 1. The second kappa shape index (κ2) is 8.87. The Morgan fingerprint density at radius 3 is 1.79 bits per heavy atom. The van der Waals surface area contributed by atoms with E-state index in [9.17, 15) is 16.8 Å². The number of nitrogens with two attached hydrogens (primary N) is 1. The van der Waals surface area contributed by atoms with Gasteiger partial charge < -0.3 is 0 Å². The van der Waals surface area contributed by atoms with Gasteiger partial charge in [-0.25, -0.2) is 26.3 Å². The van der Waals surface area contributed by atoms with E-state index in [1.165, 1.54) is 6.07 Å². The molecule has 176 valence electrons. The first-order valence-electron chi connectivity index (χ1n) is 10.0. The molecule has 4 rings (SSSR count). The number of hydrogen-bond acceptors (Lipinski definition) is 4. The van der Waals surface area contributed by atoms with Crippen molar-refractivity contribution in [1.82, 2.24) is 0 Å². The lowest BCUT2D eigenvalue weighted by molar-refractivity contribution is 0.595. The van der Waals surface area contributed by atoms with Crippen LogP contribution in [0.15, 0.2) is 82.6 Å². The van der Waals surface area contributed by atoms with Crippen molar-refractivity contribution >= 4 is 65.4 Å². The van der Waals surface area contributed by atoms with Crippen molar-refractivity contribution in [2.45, 2.75) is 23.6 Å². The summed E-state index contributed by atoms with van der Waals surface area (Å²) in [5.41, 5.74) is 1.89. The van der Waals surface area contributed by atoms with Crippen molar-refractivity contribution in [2.24, 2.45) is 5.14 Å². The highest BCUT2D eigenvalue weighted by Crippen LogP contribution is 2.40. The van der Waals surface area contributed by atoms with Gasteiger partial charge in [0.1, 0.15) is 0 Å². The summed E-state index contributed by atoms with van der Waals surface area (Å²) in [6.07, 6.45) is 0. The van der Waals surface area contributed by atoms with E-state index in [-0.39, 0.29) is 9.79 Å². The van der Waals surface area contributed by atoms with E-state index >= 15 is 0 Å². The van der Waals surface area contributed by atoms with Crippen LogP contribution in [0.4, 0.5) is 11.4 Å². The summed E-state index contributed by atoms with van der Waals surface area (Å²) in [6, 6.07) is 18.9. The van der Waals surface area contributed by atoms with Gasteiger partial charge in [-0.1, -0.05) is 59.6 Å². The van der Waals surface area contributed by atoms with Crippen LogP contribution < -0.4 is 9.44 Å². The summed E-state index contributed by atoms with van der Waals surface area (Å²) in [5.74, 6) is 0. The molecule has 0 saturated carbocycles. The van der Waals surface area contributed by atoms with Crippen LogP contribution in [-0.2, 0) is 20.0 Å². The third-order valence-corrected chi connectivity index (χ3v) is 8.55. The highest BCUT2D eigenvalue weighted by molar-refractivity contribution is 7.93. The average molecular weight is 535 g/mol. The van der Waals surface area contributed by atoms with Gasteiger partial charge in [-0.05, 0) is 66.8 Å².